The topological polar surface area (TPSA) is 91.3 Å². The Morgan fingerprint density at radius 1 is 0.967 bits per heavy atom. The summed E-state index contributed by atoms with van der Waals surface area (Å²) in [5.41, 5.74) is 0.568. The quantitative estimate of drug-likeness (QED) is 0.437. The second kappa shape index (κ2) is 8.93. The first-order valence-corrected chi connectivity index (χ1v) is 10.1. The molecule has 0 fully saturated rings. The minimum Gasteiger partial charge on any atom is -0.504 e. The molecule has 1 N–H and O–H groups in total. The van der Waals surface area contributed by atoms with Gasteiger partial charge in [-0.3, -0.25) is 0 Å². The zero-order chi connectivity index (χ0) is 22.0. The fraction of sp³-hybridized carbons (Fsp3) is 0.143. The lowest BCUT2D eigenvalue weighted by Crippen LogP contribution is -2.09. The third kappa shape index (κ3) is 3.95. The van der Waals surface area contributed by atoms with Gasteiger partial charge in [0.25, 0.3) is 0 Å². The molecule has 0 radical (unpaired) electrons. The highest BCUT2D eigenvalue weighted by atomic mass is 79.9. The first-order valence-electron chi connectivity index (χ1n) is 8.48. The zero-order valence-corrected chi connectivity index (χ0v) is 19.3. The van der Waals surface area contributed by atoms with Crippen molar-refractivity contribution in [2.45, 2.75) is 0 Å². The summed E-state index contributed by atoms with van der Waals surface area (Å²) in [7, 11) is 4.21. The Hall–Kier alpha value is -2.78. The first kappa shape index (κ1) is 21.9. The summed E-state index contributed by atoms with van der Waals surface area (Å²) < 4.78 is 21.7. The molecule has 0 aromatic heterocycles. The first-order chi connectivity index (χ1) is 14.3. The molecule has 30 heavy (non-hydrogen) atoms. The lowest BCUT2D eigenvalue weighted by atomic mass is 10.0. The minimum absolute atomic E-state index is 0.0812. The van der Waals surface area contributed by atoms with Crippen molar-refractivity contribution < 1.29 is 33.6 Å². The Bertz CT molecular complexity index is 1100. The van der Waals surface area contributed by atoms with Crippen molar-refractivity contribution in [3.8, 4) is 11.5 Å². The Morgan fingerprint density at radius 2 is 1.57 bits per heavy atom. The number of carbonyl (C=O) groups is 2. The average Bonchev–Trinajstić information content (AvgIpc) is 3.01. The molecule has 0 amide bonds. The molecule has 0 atom stereocenters. The molecule has 0 unspecified atom stereocenters. The summed E-state index contributed by atoms with van der Waals surface area (Å²) in [6.07, 6.45) is 0. The fourth-order valence-corrected chi connectivity index (χ4v) is 4.00. The van der Waals surface area contributed by atoms with Crippen molar-refractivity contribution >= 4 is 54.9 Å². The molecular formula is C21H16Br2O7. The summed E-state index contributed by atoms with van der Waals surface area (Å²) in [5.74, 6) is -1.23. The number of halogens is 2. The second-order valence-electron chi connectivity index (χ2n) is 6.01. The fourth-order valence-electron chi connectivity index (χ4n) is 2.91. The maximum atomic E-state index is 12.6. The number of aliphatic hydroxyl groups excluding tert-OH is 1. The van der Waals surface area contributed by atoms with Crippen LogP contribution < -0.4 is 9.47 Å². The van der Waals surface area contributed by atoms with Gasteiger partial charge in [-0.15, -0.1) is 0 Å². The number of hydrogen-bond acceptors (Lipinski definition) is 7. The molecule has 1 heterocycles. The van der Waals surface area contributed by atoms with Crippen molar-refractivity contribution in [2.24, 2.45) is 0 Å². The van der Waals surface area contributed by atoms with E-state index in [9.17, 15) is 14.7 Å². The van der Waals surface area contributed by atoms with Crippen molar-refractivity contribution in [3.63, 3.8) is 0 Å². The van der Waals surface area contributed by atoms with Gasteiger partial charge in [-0.25, -0.2) is 9.59 Å². The van der Waals surface area contributed by atoms with E-state index in [0.29, 0.717) is 31.6 Å². The molecule has 2 aromatic rings. The Balaban J connectivity index is 2.21. The van der Waals surface area contributed by atoms with E-state index in [0.717, 1.165) is 0 Å². The van der Waals surface area contributed by atoms with Crippen LogP contribution in [0.5, 0.6) is 11.5 Å². The number of benzene rings is 2. The summed E-state index contributed by atoms with van der Waals surface area (Å²) in [6.45, 7) is 0. The van der Waals surface area contributed by atoms with Crippen LogP contribution in [0.3, 0.4) is 0 Å². The lowest BCUT2D eigenvalue weighted by molar-refractivity contribution is -0.134. The number of esters is 2. The summed E-state index contributed by atoms with van der Waals surface area (Å²) >= 11 is 6.70. The van der Waals surface area contributed by atoms with Gasteiger partial charge in [0, 0.05) is 0 Å². The van der Waals surface area contributed by atoms with Crippen molar-refractivity contribution in [1.29, 1.82) is 0 Å². The van der Waals surface area contributed by atoms with Gasteiger partial charge in [-0.1, -0.05) is 12.1 Å². The predicted octanol–water partition coefficient (Wildman–Crippen LogP) is 4.64. The van der Waals surface area contributed by atoms with Crippen LogP contribution in [0.15, 0.2) is 56.9 Å². The van der Waals surface area contributed by atoms with Gasteiger partial charge in [0.15, 0.2) is 11.5 Å². The summed E-state index contributed by atoms with van der Waals surface area (Å²) in [4.78, 5) is 25.1. The Morgan fingerprint density at radius 3 is 2.10 bits per heavy atom. The molecule has 0 spiro atoms. The van der Waals surface area contributed by atoms with E-state index in [2.05, 4.69) is 31.9 Å². The number of cyclic esters (lactones) is 1. The standard InChI is InChI=1S/C21H16Br2O7/c1-27-14-6-4-10(8-12(14)22)16-18(24)19(30-21(16)26)17(20(25)29-3)11-5-7-15(28-2)13(23)9-11/h4-9,24H,1-3H3/b19-17+. The highest BCUT2D eigenvalue weighted by Gasteiger charge is 2.36. The minimum atomic E-state index is -0.798. The third-order valence-corrected chi connectivity index (χ3v) is 5.59. The number of ether oxygens (including phenoxy) is 4. The zero-order valence-electron chi connectivity index (χ0n) is 16.1. The third-order valence-electron chi connectivity index (χ3n) is 4.35. The number of carbonyl (C=O) groups excluding carboxylic acids is 2. The van der Waals surface area contributed by atoms with E-state index in [1.807, 2.05) is 0 Å². The van der Waals surface area contributed by atoms with Gasteiger partial charge in [-0.2, -0.15) is 0 Å². The van der Waals surface area contributed by atoms with Crippen LogP contribution in [0.2, 0.25) is 0 Å². The van der Waals surface area contributed by atoms with Crippen LogP contribution in [0.1, 0.15) is 11.1 Å². The van der Waals surface area contributed by atoms with Gasteiger partial charge in [0.1, 0.15) is 22.6 Å². The van der Waals surface area contributed by atoms with Gasteiger partial charge in [-0.05, 0) is 67.3 Å². The highest BCUT2D eigenvalue weighted by molar-refractivity contribution is 9.10. The SMILES string of the molecule is COC(=O)/C(=C1/OC(=O)C(c2ccc(OC)c(Br)c2)=C1O)c1ccc(OC)c(Br)c1. The van der Waals surface area contributed by atoms with Gasteiger partial charge in [0.2, 0.25) is 0 Å². The molecule has 1 aliphatic heterocycles. The molecule has 3 rings (SSSR count). The number of hydrogen-bond donors (Lipinski definition) is 1. The number of methoxy groups -OCH3 is 3. The number of aliphatic hydroxyl groups is 1. The normalized spacial score (nSPS) is 15.0. The molecular weight excluding hydrogens is 524 g/mol. The molecule has 9 heteroatoms. The maximum Gasteiger partial charge on any atom is 0.348 e. The Labute approximate surface area is 189 Å². The smallest absolute Gasteiger partial charge is 0.348 e. The van der Waals surface area contributed by atoms with E-state index in [-0.39, 0.29) is 16.9 Å². The largest absolute Gasteiger partial charge is 0.504 e. The van der Waals surface area contributed by atoms with Crippen LogP contribution in [0, 0.1) is 0 Å². The highest BCUT2D eigenvalue weighted by Crippen LogP contribution is 2.39. The molecule has 0 saturated carbocycles. The van der Waals surface area contributed by atoms with E-state index in [1.165, 1.54) is 21.3 Å². The monoisotopic (exact) mass is 538 g/mol. The van der Waals surface area contributed by atoms with Crippen LogP contribution in [-0.4, -0.2) is 38.4 Å². The predicted molar refractivity (Wildman–Crippen MR) is 116 cm³/mol. The van der Waals surface area contributed by atoms with E-state index in [4.69, 9.17) is 18.9 Å². The van der Waals surface area contributed by atoms with Crippen molar-refractivity contribution in [3.05, 3.63) is 68.0 Å². The van der Waals surface area contributed by atoms with Gasteiger partial charge < -0.3 is 24.1 Å². The van der Waals surface area contributed by atoms with E-state index in [1.54, 1.807) is 36.4 Å². The number of rotatable bonds is 5. The van der Waals surface area contributed by atoms with Crippen LogP contribution >= 0.6 is 31.9 Å². The molecule has 0 saturated heterocycles. The molecule has 0 bridgehead atoms. The van der Waals surface area contributed by atoms with E-state index >= 15 is 0 Å². The lowest BCUT2D eigenvalue weighted by Gasteiger charge is -2.11. The van der Waals surface area contributed by atoms with Crippen LogP contribution in [0.25, 0.3) is 11.1 Å². The maximum absolute atomic E-state index is 12.6. The van der Waals surface area contributed by atoms with Gasteiger partial charge >= 0.3 is 11.9 Å². The molecule has 7 nitrogen and oxygen atoms in total. The molecule has 0 aliphatic carbocycles. The Kier molecular flexibility index (Phi) is 6.52. The van der Waals surface area contributed by atoms with Crippen molar-refractivity contribution in [2.75, 3.05) is 21.3 Å². The molecule has 1 aliphatic rings. The van der Waals surface area contributed by atoms with Crippen LogP contribution in [-0.2, 0) is 19.1 Å². The van der Waals surface area contributed by atoms with E-state index < -0.39 is 17.7 Å². The van der Waals surface area contributed by atoms with Crippen LogP contribution in [0.4, 0.5) is 0 Å². The summed E-state index contributed by atoms with van der Waals surface area (Å²) in [6, 6.07) is 9.66. The molecule has 2 aromatic carbocycles. The second-order valence-corrected chi connectivity index (χ2v) is 7.72. The van der Waals surface area contributed by atoms with Gasteiger partial charge in [0.05, 0.1) is 30.3 Å². The van der Waals surface area contributed by atoms with Crippen molar-refractivity contribution in [1.82, 2.24) is 0 Å². The summed E-state index contributed by atoms with van der Waals surface area (Å²) in [5, 5.41) is 10.8. The molecule has 156 valence electrons. The average molecular weight is 540 g/mol.